The monoisotopic (exact) mass is 397 g/mol. The second kappa shape index (κ2) is 9.40. The molecule has 0 saturated heterocycles. The van der Waals surface area contributed by atoms with E-state index in [1.165, 1.54) is 11.1 Å². The number of anilines is 1. The van der Waals surface area contributed by atoms with Crippen LogP contribution in [0.15, 0.2) is 53.8 Å². The predicted molar refractivity (Wildman–Crippen MR) is 104 cm³/mol. The number of pyridine rings is 1. The number of halogens is 1. The van der Waals surface area contributed by atoms with E-state index in [9.17, 15) is 0 Å². The first-order valence-corrected chi connectivity index (χ1v) is 8.98. The number of hydrogen-bond acceptors (Lipinski definition) is 3. The van der Waals surface area contributed by atoms with Crippen LogP contribution in [0.1, 0.15) is 20.3 Å². The van der Waals surface area contributed by atoms with Crippen LogP contribution in [0.2, 0.25) is 5.02 Å². The van der Waals surface area contributed by atoms with Gasteiger partial charge in [0.15, 0.2) is 0 Å². The van der Waals surface area contributed by atoms with Gasteiger partial charge in [0.05, 0.1) is 5.52 Å². The van der Waals surface area contributed by atoms with Gasteiger partial charge in [-0.2, -0.15) is 0 Å². The minimum Gasteiger partial charge on any atom is -0.380 e. The first kappa shape index (κ1) is 20.0. The van der Waals surface area contributed by atoms with Crippen LogP contribution in [0.4, 0.5) is 5.69 Å². The molecule has 134 valence electrons. The normalized spacial score (nSPS) is 13.6. The van der Waals surface area contributed by atoms with Gasteiger partial charge in [-0.05, 0) is 54.9 Å². The molecule has 0 saturated carbocycles. The first-order chi connectivity index (χ1) is 11.7. The fourth-order valence-corrected chi connectivity index (χ4v) is 3.28. The van der Waals surface area contributed by atoms with Crippen LogP contribution in [-0.4, -0.2) is 36.1 Å². The van der Waals surface area contributed by atoms with Crippen molar-refractivity contribution in [3.05, 3.63) is 58.8 Å². The maximum Gasteiger partial charge on any atom is 0.0737 e. The van der Waals surface area contributed by atoms with Gasteiger partial charge in [-0.15, -0.1) is 0 Å². The molecule has 1 N–H and O–H groups in total. The fourth-order valence-electron chi connectivity index (χ4n) is 3.11. The van der Waals surface area contributed by atoms with Gasteiger partial charge in [0.2, 0.25) is 0 Å². The Kier molecular flexibility index (Phi) is 7.52. The number of nitrogens with zero attached hydrogens (tertiary/aromatic N) is 2. The van der Waals surface area contributed by atoms with E-state index in [1.54, 1.807) is 0 Å². The Hall–Kier alpha value is -1.32. The topological polar surface area (TPSA) is 28.2 Å². The molecule has 1 aliphatic carbocycles. The molecular formula is C20H24ClFeN3. The zero-order chi connectivity index (χ0) is 16.9. The Morgan fingerprint density at radius 1 is 1.12 bits per heavy atom. The summed E-state index contributed by atoms with van der Waals surface area (Å²) in [5, 5.41) is 5.40. The number of allylic oxidation sites excluding steroid dienone is 2. The summed E-state index contributed by atoms with van der Waals surface area (Å²) in [5.41, 5.74) is 4.88. The SMILES string of the molecule is CCN(CC)CC1=CCC=C1CNc1ccnc2cc(Cl)ccc12.[Fe]. The van der Waals surface area contributed by atoms with Gasteiger partial charge in [0, 0.05) is 52.5 Å². The van der Waals surface area contributed by atoms with Crippen molar-refractivity contribution in [2.24, 2.45) is 0 Å². The average molecular weight is 398 g/mol. The van der Waals surface area contributed by atoms with Crippen molar-refractivity contribution < 1.29 is 17.1 Å². The maximum atomic E-state index is 6.07. The Balaban J connectivity index is 0.00000225. The summed E-state index contributed by atoms with van der Waals surface area (Å²) < 4.78 is 0. The molecule has 5 heteroatoms. The largest absolute Gasteiger partial charge is 0.380 e. The van der Waals surface area contributed by atoms with Gasteiger partial charge in [-0.1, -0.05) is 37.6 Å². The number of likely N-dealkylation sites (N-methyl/N-ethyl adjacent to an activating group) is 1. The Labute approximate surface area is 165 Å². The van der Waals surface area contributed by atoms with E-state index in [-0.39, 0.29) is 17.1 Å². The van der Waals surface area contributed by atoms with Crippen LogP contribution in [-0.2, 0) is 17.1 Å². The molecule has 1 aromatic carbocycles. The van der Waals surface area contributed by atoms with Gasteiger partial charge in [-0.25, -0.2) is 0 Å². The molecule has 0 radical (unpaired) electrons. The fraction of sp³-hybridized carbons (Fsp3) is 0.350. The molecule has 0 unspecified atom stereocenters. The number of fused-ring (bicyclic) bond motifs is 1. The standard InChI is InChI=1S/C20H24ClN3.Fe/c1-3-24(4-2)14-16-7-5-6-15(16)13-23-19-10-11-22-20-12-17(21)8-9-18(19)20;/h6-12H,3-5,13-14H2,1-2H3,(H,22,23);. The Morgan fingerprint density at radius 3 is 2.64 bits per heavy atom. The van der Waals surface area contributed by atoms with Crippen LogP contribution < -0.4 is 5.32 Å². The third-order valence-electron chi connectivity index (χ3n) is 4.60. The summed E-state index contributed by atoms with van der Waals surface area (Å²) >= 11 is 6.07. The number of nitrogens with one attached hydrogen (secondary N) is 1. The number of rotatable bonds is 7. The molecule has 0 bridgehead atoms. The van der Waals surface area contributed by atoms with Crippen LogP contribution in [0, 0.1) is 0 Å². The molecule has 0 aliphatic heterocycles. The van der Waals surface area contributed by atoms with Crippen molar-refractivity contribution in [3.8, 4) is 0 Å². The first-order valence-electron chi connectivity index (χ1n) is 8.60. The maximum absolute atomic E-state index is 6.07. The third kappa shape index (κ3) is 4.86. The van der Waals surface area contributed by atoms with Crippen molar-refractivity contribution in [2.75, 3.05) is 31.5 Å². The van der Waals surface area contributed by atoms with E-state index in [4.69, 9.17) is 11.6 Å². The minimum atomic E-state index is 0. The van der Waals surface area contributed by atoms with Crippen molar-refractivity contribution >= 4 is 28.2 Å². The molecule has 3 nitrogen and oxygen atoms in total. The Bertz CT molecular complexity index is 782. The molecule has 0 amide bonds. The molecule has 25 heavy (non-hydrogen) atoms. The van der Waals surface area contributed by atoms with Gasteiger partial charge < -0.3 is 5.32 Å². The summed E-state index contributed by atoms with van der Waals surface area (Å²) in [6.45, 7) is 8.49. The molecule has 3 rings (SSSR count). The second-order valence-corrected chi connectivity index (χ2v) is 6.47. The van der Waals surface area contributed by atoms with Crippen LogP contribution in [0.3, 0.4) is 0 Å². The number of aromatic nitrogens is 1. The zero-order valence-electron chi connectivity index (χ0n) is 14.7. The van der Waals surface area contributed by atoms with E-state index in [0.29, 0.717) is 0 Å². The smallest absolute Gasteiger partial charge is 0.0737 e. The van der Waals surface area contributed by atoms with E-state index in [2.05, 4.69) is 41.2 Å². The molecule has 0 atom stereocenters. The van der Waals surface area contributed by atoms with E-state index in [0.717, 1.165) is 54.2 Å². The van der Waals surface area contributed by atoms with Crippen molar-refractivity contribution in [3.63, 3.8) is 0 Å². The molecule has 2 aromatic rings. The van der Waals surface area contributed by atoms with Crippen LogP contribution >= 0.6 is 11.6 Å². The van der Waals surface area contributed by atoms with E-state index in [1.807, 2.05) is 30.5 Å². The van der Waals surface area contributed by atoms with Crippen LogP contribution in [0.25, 0.3) is 10.9 Å². The molecule has 1 heterocycles. The number of benzene rings is 1. The third-order valence-corrected chi connectivity index (χ3v) is 4.84. The summed E-state index contributed by atoms with van der Waals surface area (Å²) in [7, 11) is 0. The molecule has 0 spiro atoms. The van der Waals surface area contributed by atoms with E-state index < -0.39 is 0 Å². The predicted octanol–water partition coefficient (Wildman–Crippen LogP) is 4.90. The van der Waals surface area contributed by atoms with Crippen LogP contribution in [0.5, 0.6) is 0 Å². The van der Waals surface area contributed by atoms with Gasteiger partial charge in [-0.3, -0.25) is 9.88 Å². The average Bonchev–Trinajstić information content (AvgIpc) is 3.04. The summed E-state index contributed by atoms with van der Waals surface area (Å²) in [6, 6.07) is 7.88. The van der Waals surface area contributed by atoms with Crippen molar-refractivity contribution in [2.45, 2.75) is 20.3 Å². The molecule has 1 aliphatic rings. The molecule has 0 fully saturated rings. The quantitative estimate of drug-likeness (QED) is 0.674. The van der Waals surface area contributed by atoms with Crippen molar-refractivity contribution in [1.29, 1.82) is 0 Å². The summed E-state index contributed by atoms with van der Waals surface area (Å²) in [6.07, 6.45) is 7.54. The van der Waals surface area contributed by atoms with Gasteiger partial charge in [0.25, 0.3) is 0 Å². The Morgan fingerprint density at radius 2 is 1.88 bits per heavy atom. The summed E-state index contributed by atoms with van der Waals surface area (Å²) in [5.74, 6) is 0. The van der Waals surface area contributed by atoms with Gasteiger partial charge >= 0.3 is 0 Å². The molecular weight excluding hydrogens is 374 g/mol. The van der Waals surface area contributed by atoms with E-state index >= 15 is 0 Å². The molecule has 1 aromatic heterocycles. The zero-order valence-corrected chi connectivity index (χ0v) is 16.6. The van der Waals surface area contributed by atoms with Gasteiger partial charge in [0.1, 0.15) is 0 Å². The van der Waals surface area contributed by atoms with Crippen molar-refractivity contribution in [1.82, 2.24) is 9.88 Å². The number of hydrogen-bond donors (Lipinski definition) is 1. The second-order valence-electron chi connectivity index (χ2n) is 6.03. The summed E-state index contributed by atoms with van der Waals surface area (Å²) in [4.78, 5) is 6.86. The minimum absolute atomic E-state index is 0.